The molecule has 1 atom stereocenters. The van der Waals surface area contributed by atoms with Crippen LogP contribution in [0.25, 0.3) is 0 Å². The Balaban J connectivity index is 2.27. The van der Waals surface area contributed by atoms with Gasteiger partial charge in [-0.1, -0.05) is 65.8 Å². The zero-order chi connectivity index (χ0) is 13.2. The third-order valence-corrected chi connectivity index (χ3v) is 3.58. The van der Waals surface area contributed by atoms with Crippen LogP contribution in [0.1, 0.15) is 37.0 Å². The molecule has 1 unspecified atom stereocenters. The average Bonchev–Trinajstić information content (AvgIpc) is 2.39. The molecule has 18 heavy (non-hydrogen) atoms. The maximum atomic E-state index is 5.86. The number of alkyl halides is 1. The van der Waals surface area contributed by atoms with Gasteiger partial charge in [0.05, 0.1) is 19.3 Å². The van der Waals surface area contributed by atoms with Crippen LogP contribution in [-0.4, -0.2) is 24.2 Å². The molecule has 0 radical (unpaired) electrons. The van der Waals surface area contributed by atoms with Crippen LogP contribution in [0.5, 0.6) is 0 Å². The fraction of sp³-hybridized carbons (Fsp3) is 0.600. The maximum absolute atomic E-state index is 5.86. The smallest absolute Gasteiger partial charge is 0.0915 e. The number of hydrogen-bond donors (Lipinski definition) is 0. The molecule has 102 valence electrons. The van der Waals surface area contributed by atoms with Gasteiger partial charge < -0.3 is 9.47 Å². The first-order chi connectivity index (χ1) is 8.77. The first-order valence-corrected chi connectivity index (χ1v) is 8.12. The van der Waals surface area contributed by atoms with E-state index in [1.54, 1.807) is 0 Å². The molecule has 0 bridgehead atoms. The maximum Gasteiger partial charge on any atom is 0.0915 e. The Morgan fingerprint density at radius 1 is 1.11 bits per heavy atom. The van der Waals surface area contributed by atoms with Crippen molar-refractivity contribution in [1.82, 2.24) is 0 Å². The van der Waals surface area contributed by atoms with Gasteiger partial charge in [0.1, 0.15) is 0 Å². The summed E-state index contributed by atoms with van der Waals surface area (Å²) in [6.45, 7) is 6.48. The molecule has 0 saturated heterocycles. The van der Waals surface area contributed by atoms with Crippen molar-refractivity contribution in [2.24, 2.45) is 0 Å². The third kappa shape index (κ3) is 6.16. The minimum Gasteiger partial charge on any atom is -0.379 e. The molecule has 0 aliphatic rings. The predicted octanol–water partition coefficient (Wildman–Crippen LogP) is 4.30. The van der Waals surface area contributed by atoms with Crippen LogP contribution in [0.15, 0.2) is 24.3 Å². The van der Waals surface area contributed by atoms with Crippen LogP contribution < -0.4 is 0 Å². The van der Waals surface area contributed by atoms with Gasteiger partial charge in [0.25, 0.3) is 0 Å². The first kappa shape index (κ1) is 15.9. The minimum atomic E-state index is 0.181. The molecule has 1 aromatic rings. The largest absolute Gasteiger partial charge is 0.379 e. The van der Waals surface area contributed by atoms with Crippen molar-refractivity contribution in [3.05, 3.63) is 35.4 Å². The molecule has 0 saturated carbocycles. The molecular formula is C15H23IO2. The van der Waals surface area contributed by atoms with Crippen molar-refractivity contribution in [2.75, 3.05) is 24.2 Å². The Kier molecular flexibility index (Phi) is 8.63. The molecule has 0 aliphatic carbocycles. The molecule has 1 rings (SSSR count). The number of halogens is 1. The van der Waals surface area contributed by atoms with Crippen LogP contribution in [0.4, 0.5) is 0 Å². The van der Waals surface area contributed by atoms with E-state index in [-0.39, 0.29) is 6.10 Å². The lowest BCUT2D eigenvalue weighted by Crippen LogP contribution is -2.11. The molecule has 3 heteroatoms. The third-order valence-electron chi connectivity index (χ3n) is 2.78. The molecule has 2 nitrogen and oxygen atoms in total. The first-order valence-electron chi connectivity index (χ1n) is 6.59. The van der Waals surface area contributed by atoms with Crippen molar-refractivity contribution in [3.8, 4) is 0 Å². The van der Waals surface area contributed by atoms with Crippen LogP contribution >= 0.6 is 22.6 Å². The number of hydrogen-bond acceptors (Lipinski definition) is 2. The van der Waals surface area contributed by atoms with Gasteiger partial charge in [0.2, 0.25) is 0 Å². The lowest BCUT2D eigenvalue weighted by Gasteiger charge is -2.16. The van der Waals surface area contributed by atoms with Gasteiger partial charge in [0.15, 0.2) is 0 Å². The molecule has 0 fully saturated rings. The van der Waals surface area contributed by atoms with E-state index < -0.39 is 0 Å². The summed E-state index contributed by atoms with van der Waals surface area (Å²) < 4.78 is 12.3. The molecule has 0 N–H and O–H groups in total. The Bertz CT molecular complexity index is 311. The molecule has 0 spiro atoms. The molecular weight excluding hydrogens is 339 g/mol. The fourth-order valence-electron chi connectivity index (χ4n) is 1.61. The van der Waals surface area contributed by atoms with E-state index in [1.807, 2.05) is 0 Å². The van der Waals surface area contributed by atoms with E-state index >= 15 is 0 Å². The number of unbranched alkanes of at least 4 members (excludes halogenated alkanes) is 1. The Morgan fingerprint density at radius 2 is 1.83 bits per heavy atom. The number of rotatable bonds is 9. The van der Waals surface area contributed by atoms with Gasteiger partial charge in [-0.05, 0) is 18.9 Å². The van der Waals surface area contributed by atoms with Crippen LogP contribution in [0.2, 0.25) is 0 Å². The zero-order valence-electron chi connectivity index (χ0n) is 11.3. The quantitative estimate of drug-likeness (QED) is 0.370. The van der Waals surface area contributed by atoms with E-state index in [0.717, 1.165) is 17.5 Å². The van der Waals surface area contributed by atoms with Crippen LogP contribution in [0, 0.1) is 6.92 Å². The van der Waals surface area contributed by atoms with Crippen molar-refractivity contribution in [1.29, 1.82) is 0 Å². The highest BCUT2D eigenvalue weighted by Gasteiger charge is 2.09. The van der Waals surface area contributed by atoms with Gasteiger partial charge in [-0.25, -0.2) is 0 Å². The highest BCUT2D eigenvalue weighted by molar-refractivity contribution is 14.1. The highest BCUT2D eigenvalue weighted by Crippen LogP contribution is 2.20. The highest BCUT2D eigenvalue weighted by atomic mass is 127. The van der Waals surface area contributed by atoms with Crippen molar-refractivity contribution in [3.63, 3.8) is 0 Å². The van der Waals surface area contributed by atoms with E-state index in [4.69, 9.17) is 9.47 Å². The Labute approximate surface area is 124 Å². The summed E-state index contributed by atoms with van der Waals surface area (Å²) in [4.78, 5) is 0. The monoisotopic (exact) mass is 362 g/mol. The summed E-state index contributed by atoms with van der Waals surface area (Å²) in [7, 11) is 0. The summed E-state index contributed by atoms with van der Waals surface area (Å²) in [5, 5.41) is 0. The second-order valence-corrected chi connectivity index (χ2v) is 5.27. The molecule has 0 aliphatic heterocycles. The number of benzene rings is 1. The Hall–Kier alpha value is -0.130. The lowest BCUT2D eigenvalue weighted by atomic mass is 10.1. The summed E-state index contributed by atoms with van der Waals surface area (Å²) in [6.07, 6.45) is 2.50. The standard InChI is InChI=1S/C15H23IO2/c1-3-4-9-17-10-11-18-15(12-16)14-7-5-13(2)6-8-14/h5-8,15H,3-4,9-12H2,1-2H3. The molecule has 0 aromatic heterocycles. The number of ether oxygens (including phenoxy) is 2. The summed E-state index contributed by atoms with van der Waals surface area (Å²) in [5.74, 6) is 0. The molecule has 1 aromatic carbocycles. The van der Waals surface area contributed by atoms with Gasteiger partial charge in [-0.15, -0.1) is 0 Å². The van der Waals surface area contributed by atoms with E-state index in [2.05, 4.69) is 60.7 Å². The van der Waals surface area contributed by atoms with Gasteiger partial charge in [-0.3, -0.25) is 0 Å². The number of aryl methyl sites for hydroxylation is 1. The van der Waals surface area contributed by atoms with Crippen LogP contribution in [-0.2, 0) is 9.47 Å². The van der Waals surface area contributed by atoms with E-state index in [9.17, 15) is 0 Å². The van der Waals surface area contributed by atoms with E-state index in [0.29, 0.717) is 13.2 Å². The van der Waals surface area contributed by atoms with Crippen molar-refractivity contribution < 1.29 is 9.47 Å². The summed E-state index contributed by atoms with van der Waals surface area (Å²) in [5.41, 5.74) is 2.54. The van der Waals surface area contributed by atoms with Gasteiger partial charge >= 0.3 is 0 Å². The topological polar surface area (TPSA) is 18.5 Å². The lowest BCUT2D eigenvalue weighted by molar-refractivity contribution is 0.0139. The summed E-state index contributed by atoms with van der Waals surface area (Å²) in [6, 6.07) is 8.57. The fourth-order valence-corrected chi connectivity index (χ4v) is 2.37. The van der Waals surface area contributed by atoms with Crippen molar-refractivity contribution in [2.45, 2.75) is 32.8 Å². The van der Waals surface area contributed by atoms with Crippen LogP contribution in [0.3, 0.4) is 0 Å². The average molecular weight is 362 g/mol. The van der Waals surface area contributed by atoms with Gasteiger partial charge in [-0.2, -0.15) is 0 Å². The Morgan fingerprint density at radius 3 is 2.44 bits per heavy atom. The second-order valence-electron chi connectivity index (χ2n) is 4.39. The molecule has 0 amide bonds. The van der Waals surface area contributed by atoms with Gasteiger partial charge in [0, 0.05) is 11.0 Å². The predicted molar refractivity (Wildman–Crippen MR) is 84.5 cm³/mol. The normalized spacial score (nSPS) is 12.6. The van der Waals surface area contributed by atoms with Crippen molar-refractivity contribution >= 4 is 22.6 Å². The van der Waals surface area contributed by atoms with E-state index in [1.165, 1.54) is 17.5 Å². The summed E-state index contributed by atoms with van der Waals surface area (Å²) >= 11 is 2.37. The minimum absolute atomic E-state index is 0.181. The second kappa shape index (κ2) is 9.75. The zero-order valence-corrected chi connectivity index (χ0v) is 13.5. The SMILES string of the molecule is CCCCOCCOC(CI)c1ccc(C)cc1. The molecule has 0 heterocycles.